The molecule has 0 aliphatic heterocycles. The zero-order valence-corrected chi connectivity index (χ0v) is 8.51. The molecule has 0 saturated carbocycles. The number of anilines is 1. The fraction of sp³-hybridized carbons (Fsp3) is 0.375. The molecule has 8 heteroatoms. The third kappa shape index (κ3) is 2.75. The van der Waals surface area contributed by atoms with Crippen molar-refractivity contribution in [2.24, 2.45) is 10.9 Å². The van der Waals surface area contributed by atoms with Crippen LogP contribution in [0.15, 0.2) is 17.4 Å². The van der Waals surface area contributed by atoms with E-state index in [-0.39, 0.29) is 17.2 Å². The van der Waals surface area contributed by atoms with Gasteiger partial charge in [-0.1, -0.05) is 5.16 Å². The van der Waals surface area contributed by atoms with Crippen LogP contribution in [0.25, 0.3) is 0 Å². The van der Waals surface area contributed by atoms with Crippen LogP contribution in [0.3, 0.4) is 0 Å². The van der Waals surface area contributed by atoms with Crippen molar-refractivity contribution in [2.75, 3.05) is 18.5 Å². The molecule has 0 aromatic carbocycles. The Morgan fingerprint density at radius 2 is 2.38 bits per heavy atom. The minimum atomic E-state index is -2.51. The largest absolute Gasteiger partial charge is 0.409 e. The van der Waals surface area contributed by atoms with Gasteiger partial charge in [-0.2, -0.15) is 5.10 Å². The molecular weight excluding hydrogens is 220 g/mol. The zero-order valence-electron chi connectivity index (χ0n) is 8.51. The van der Waals surface area contributed by atoms with Crippen LogP contribution in [0.2, 0.25) is 0 Å². The number of alkyl halides is 2. The maximum Gasteiger partial charge on any atom is 0.255 e. The van der Waals surface area contributed by atoms with E-state index >= 15 is 0 Å². The predicted octanol–water partition coefficient (Wildman–Crippen LogP) is 0.272. The number of nitrogens with zero attached hydrogens (tertiary/aromatic N) is 4. The quantitative estimate of drug-likeness (QED) is 0.336. The molecule has 0 unspecified atom stereocenters. The van der Waals surface area contributed by atoms with Gasteiger partial charge < -0.3 is 15.8 Å². The maximum absolute atomic E-state index is 12.2. The van der Waals surface area contributed by atoms with Gasteiger partial charge in [0.1, 0.15) is 0 Å². The number of hydrogen-bond acceptors (Lipinski definition) is 5. The second kappa shape index (κ2) is 5.19. The molecule has 1 heterocycles. The van der Waals surface area contributed by atoms with Gasteiger partial charge >= 0.3 is 0 Å². The minimum absolute atomic E-state index is 0.137. The molecule has 1 aromatic rings. The van der Waals surface area contributed by atoms with E-state index in [0.29, 0.717) is 0 Å². The summed E-state index contributed by atoms with van der Waals surface area (Å²) in [5, 5.41) is 18.6. The lowest BCUT2D eigenvalue weighted by molar-refractivity contribution is 0.156. The summed E-state index contributed by atoms with van der Waals surface area (Å²) in [7, 11) is 1.42. The van der Waals surface area contributed by atoms with Crippen LogP contribution < -0.4 is 10.6 Å². The Hall–Kier alpha value is -1.99. The van der Waals surface area contributed by atoms with E-state index in [0.717, 1.165) is 0 Å². The summed E-state index contributed by atoms with van der Waals surface area (Å²) in [6.45, 7) is -0.510. The Kier molecular flexibility index (Phi) is 3.92. The molecule has 0 bridgehead atoms. The number of nitrogens with two attached hydrogens (primary N) is 1. The van der Waals surface area contributed by atoms with Gasteiger partial charge in [0.05, 0.1) is 18.3 Å². The van der Waals surface area contributed by atoms with Gasteiger partial charge in [-0.15, -0.1) is 5.10 Å². The molecule has 3 N–H and O–H groups in total. The Balaban J connectivity index is 3.03. The highest BCUT2D eigenvalue weighted by Gasteiger charge is 2.16. The van der Waals surface area contributed by atoms with Gasteiger partial charge in [0, 0.05) is 7.05 Å². The van der Waals surface area contributed by atoms with Crippen LogP contribution >= 0.6 is 0 Å². The molecule has 1 rings (SSSR count). The Morgan fingerprint density at radius 1 is 1.69 bits per heavy atom. The monoisotopic (exact) mass is 231 g/mol. The van der Waals surface area contributed by atoms with E-state index in [2.05, 4.69) is 15.4 Å². The van der Waals surface area contributed by atoms with Crippen LogP contribution in [0, 0.1) is 0 Å². The van der Waals surface area contributed by atoms with Crippen molar-refractivity contribution >= 4 is 11.7 Å². The van der Waals surface area contributed by atoms with Crippen LogP contribution in [-0.4, -0.2) is 41.3 Å². The summed E-state index contributed by atoms with van der Waals surface area (Å²) in [5.41, 5.74) is 5.63. The fourth-order valence-corrected chi connectivity index (χ4v) is 1.15. The molecule has 1 aromatic heterocycles. The van der Waals surface area contributed by atoms with Crippen molar-refractivity contribution in [3.63, 3.8) is 0 Å². The number of aromatic nitrogens is 2. The normalized spacial score (nSPS) is 11.9. The molecule has 16 heavy (non-hydrogen) atoms. The Morgan fingerprint density at radius 3 is 2.94 bits per heavy atom. The second-order valence-electron chi connectivity index (χ2n) is 3.03. The highest BCUT2D eigenvalue weighted by atomic mass is 19.3. The molecule has 0 spiro atoms. The number of hydrogen-bond donors (Lipinski definition) is 2. The van der Waals surface area contributed by atoms with E-state index in [1.807, 2.05) is 0 Å². The zero-order chi connectivity index (χ0) is 12.1. The summed E-state index contributed by atoms with van der Waals surface area (Å²) in [6, 6.07) is 1.43. The third-order valence-corrected chi connectivity index (χ3v) is 1.86. The molecule has 0 aliphatic rings. The van der Waals surface area contributed by atoms with Crippen molar-refractivity contribution in [3.8, 4) is 0 Å². The summed E-state index contributed by atoms with van der Waals surface area (Å²) in [5.74, 6) is -0.0656. The second-order valence-corrected chi connectivity index (χ2v) is 3.03. The van der Waals surface area contributed by atoms with Gasteiger partial charge in [-0.25, -0.2) is 8.78 Å². The standard InChI is InChI=1S/C8H11F2N5O/c1-15(4-6(9)10)8-5(7(11)14-16)2-3-12-13-8/h2-3,6,16H,4H2,1H3,(H2,11,14). The van der Waals surface area contributed by atoms with E-state index in [9.17, 15) is 8.78 Å². The van der Waals surface area contributed by atoms with Crippen LogP contribution in [0.5, 0.6) is 0 Å². The van der Waals surface area contributed by atoms with Gasteiger partial charge in [0.2, 0.25) is 0 Å². The summed E-state index contributed by atoms with van der Waals surface area (Å²) >= 11 is 0. The van der Waals surface area contributed by atoms with Gasteiger partial charge in [-0.3, -0.25) is 0 Å². The van der Waals surface area contributed by atoms with Crippen molar-refractivity contribution in [2.45, 2.75) is 6.43 Å². The molecule has 88 valence electrons. The summed E-state index contributed by atoms with van der Waals surface area (Å²) < 4.78 is 24.4. The highest BCUT2D eigenvalue weighted by molar-refractivity contribution is 6.01. The first kappa shape index (κ1) is 12.1. The molecule has 0 atom stereocenters. The predicted molar refractivity (Wildman–Crippen MR) is 53.8 cm³/mol. The molecule has 0 amide bonds. The average Bonchev–Trinajstić information content (AvgIpc) is 2.27. The van der Waals surface area contributed by atoms with E-state index in [4.69, 9.17) is 10.9 Å². The number of halogens is 2. The van der Waals surface area contributed by atoms with Crippen LogP contribution in [-0.2, 0) is 0 Å². The SMILES string of the molecule is CN(CC(F)F)c1nnccc1/C(N)=N/O. The lowest BCUT2D eigenvalue weighted by atomic mass is 10.2. The number of rotatable bonds is 4. The van der Waals surface area contributed by atoms with Crippen LogP contribution in [0.4, 0.5) is 14.6 Å². The Bertz CT molecular complexity index is 384. The lowest BCUT2D eigenvalue weighted by Crippen LogP contribution is -2.28. The maximum atomic E-state index is 12.2. The van der Waals surface area contributed by atoms with E-state index in [1.54, 1.807) is 0 Å². The van der Waals surface area contributed by atoms with E-state index < -0.39 is 13.0 Å². The first-order valence-electron chi connectivity index (χ1n) is 4.35. The van der Waals surface area contributed by atoms with Crippen molar-refractivity contribution in [1.29, 1.82) is 0 Å². The molecular formula is C8H11F2N5O. The molecule has 0 fully saturated rings. The topological polar surface area (TPSA) is 87.6 Å². The van der Waals surface area contributed by atoms with Crippen LogP contribution in [0.1, 0.15) is 5.56 Å². The minimum Gasteiger partial charge on any atom is -0.409 e. The Labute approximate surface area is 90.4 Å². The lowest BCUT2D eigenvalue weighted by Gasteiger charge is -2.18. The molecule has 0 saturated heterocycles. The van der Waals surface area contributed by atoms with Crippen molar-refractivity contribution in [1.82, 2.24) is 10.2 Å². The fourth-order valence-electron chi connectivity index (χ4n) is 1.15. The number of amidine groups is 1. The highest BCUT2D eigenvalue weighted by Crippen LogP contribution is 2.15. The first-order valence-corrected chi connectivity index (χ1v) is 4.35. The molecule has 0 radical (unpaired) electrons. The van der Waals surface area contributed by atoms with Crippen molar-refractivity contribution < 1.29 is 14.0 Å². The smallest absolute Gasteiger partial charge is 0.255 e. The molecule has 6 nitrogen and oxygen atoms in total. The van der Waals surface area contributed by atoms with E-state index in [1.165, 1.54) is 24.2 Å². The van der Waals surface area contributed by atoms with Gasteiger partial charge in [0.25, 0.3) is 6.43 Å². The summed E-state index contributed by atoms with van der Waals surface area (Å²) in [6.07, 6.45) is -1.18. The van der Waals surface area contributed by atoms with Gasteiger partial charge in [-0.05, 0) is 6.07 Å². The van der Waals surface area contributed by atoms with Gasteiger partial charge in [0.15, 0.2) is 11.7 Å². The average molecular weight is 231 g/mol. The molecule has 0 aliphatic carbocycles. The first-order chi connectivity index (χ1) is 7.56. The third-order valence-electron chi connectivity index (χ3n) is 1.86. The van der Waals surface area contributed by atoms with Crippen molar-refractivity contribution in [3.05, 3.63) is 17.8 Å². The number of oxime groups is 1. The summed E-state index contributed by atoms with van der Waals surface area (Å²) in [4.78, 5) is 1.19.